The molecule has 0 fully saturated rings. The second-order valence-corrected chi connectivity index (χ2v) is 19.9. The van der Waals surface area contributed by atoms with Gasteiger partial charge in [-0.25, -0.2) is 0 Å². The van der Waals surface area contributed by atoms with Gasteiger partial charge >= 0.3 is 17.9 Å². The molecule has 0 N–H and O–H groups in total. The largest absolute Gasteiger partial charge is 0.462 e. The Morgan fingerprint density at radius 3 is 0.625 bits per heavy atom. The second-order valence-electron chi connectivity index (χ2n) is 19.9. The minimum atomic E-state index is -0.760. The molecular formula is C58H112O6. The summed E-state index contributed by atoms with van der Waals surface area (Å²) in [6, 6.07) is 0. The van der Waals surface area contributed by atoms with Crippen molar-refractivity contribution in [1.82, 2.24) is 0 Å². The van der Waals surface area contributed by atoms with E-state index >= 15 is 0 Å². The summed E-state index contributed by atoms with van der Waals surface area (Å²) in [4.78, 5) is 38.0. The zero-order valence-corrected chi connectivity index (χ0v) is 43.6. The van der Waals surface area contributed by atoms with Crippen molar-refractivity contribution >= 4 is 17.9 Å². The minimum absolute atomic E-state index is 0.0613. The molecule has 1 unspecified atom stereocenters. The number of carbonyl (C=O) groups is 3. The van der Waals surface area contributed by atoms with Gasteiger partial charge in [-0.3, -0.25) is 14.4 Å². The second kappa shape index (κ2) is 54.0. The van der Waals surface area contributed by atoms with Crippen LogP contribution in [0, 0.1) is 0 Å². The zero-order chi connectivity index (χ0) is 46.5. The molecule has 0 aliphatic carbocycles. The summed E-state index contributed by atoms with van der Waals surface area (Å²) in [6.07, 6.45) is 59.6. The van der Waals surface area contributed by atoms with Crippen molar-refractivity contribution in [2.24, 2.45) is 0 Å². The fourth-order valence-corrected chi connectivity index (χ4v) is 8.98. The van der Waals surface area contributed by atoms with Crippen LogP contribution in [0.2, 0.25) is 0 Å². The van der Waals surface area contributed by atoms with Crippen LogP contribution in [-0.4, -0.2) is 37.2 Å². The molecule has 0 amide bonds. The van der Waals surface area contributed by atoms with Crippen molar-refractivity contribution in [2.45, 2.75) is 341 Å². The molecule has 0 spiro atoms. The Kier molecular flexibility index (Phi) is 52.7. The maximum Gasteiger partial charge on any atom is 0.306 e. The normalized spacial score (nSPS) is 11.9. The summed E-state index contributed by atoms with van der Waals surface area (Å²) >= 11 is 0. The molecule has 1 atom stereocenters. The molecule has 0 aromatic carbocycles. The van der Waals surface area contributed by atoms with Gasteiger partial charge in [0.15, 0.2) is 6.10 Å². The molecule has 0 aromatic heterocycles. The van der Waals surface area contributed by atoms with Crippen molar-refractivity contribution in [1.29, 1.82) is 0 Å². The molecule has 0 radical (unpaired) electrons. The van der Waals surface area contributed by atoms with Crippen LogP contribution < -0.4 is 0 Å². The highest BCUT2D eigenvalue weighted by Gasteiger charge is 2.19. The fraction of sp³-hybridized carbons (Fsp3) is 0.948. The quantitative estimate of drug-likeness (QED) is 0.0344. The Hall–Kier alpha value is -1.59. The van der Waals surface area contributed by atoms with Crippen LogP contribution in [0.3, 0.4) is 0 Å². The van der Waals surface area contributed by atoms with Crippen molar-refractivity contribution in [2.75, 3.05) is 13.2 Å². The first-order valence-electron chi connectivity index (χ1n) is 29.0. The average Bonchev–Trinajstić information content (AvgIpc) is 3.29. The topological polar surface area (TPSA) is 78.9 Å². The first kappa shape index (κ1) is 62.4. The van der Waals surface area contributed by atoms with Crippen molar-refractivity contribution in [3.8, 4) is 0 Å². The first-order chi connectivity index (χ1) is 31.5. The predicted molar refractivity (Wildman–Crippen MR) is 275 cm³/mol. The number of hydrogen-bond donors (Lipinski definition) is 0. The van der Waals surface area contributed by atoms with Gasteiger partial charge in [-0.05, 0) is 19.3 Å². The van der Waals surface area contributed by atoms with Crippen LogP contribution in [0.5, 0.6) is 0 Å². The molecule has 0 heterocycles. The number of rotatable bonds is 54. The highest BCUT2D eigenvalue weighted by atomic mass is 16.6. The fourth-order valence-electron chi connectivity index (χ4n) is 8.98. The smallest absolute Gasteiger partial charge is 0.306 e. The Balaban J connectivity index is 4.18. The van der Waals surface area contributed by atoms with Gasteiger partial charge < -0.3 is 14.2 Å². The Morgan fingerprint density at radius 2 is 0.422 bits per heavy atom. The van der Waals surface area contributed by atoms with E-state index in [0.29, 0.717) is 19.3 Å². The third-order valence-corrected chi connectivity index (χ3v) is 13.4. The van der Waals surface area contributed by atoms with E-state index in [0.717, 1.165) is 57.8 Å². The van der Waals surface area contributed by atoms with E-state index in [2.05, 4.69) is 20.8 Å². The molecule has 64 heavy (non-hydrogen) atoms. The molecule has 0 saturated heterocycles. The highest BCUT2D eigenvalue weighted by molar-refractivity contribution is 5.71. The molecule has 0 aliphatic rings. The summed E-state index contributed by atoms with van der Waals surface area (Å²) in [5.74, 6) is -0.835. The molecule has 6 nitrogen and oxygen atoms in total. The van der Waals surface area contributed by atoms with E-state index in [1.807, 2.05) is 0 Å². The number of carbonyl (C=O) groups excluding carboxylic acids is 3. The van der Waals surface area contributed by atoms with E-state index in [1.54, 1.807) is 0 Å². The van der Waals surface area contributed by atoms with Crippen LogP contribution in [-0.2, 0) is 28.6 Å². The lowest BCUT2D eigenvalue weighted by Crippen LogP contribution is -2.30. The van der Waals surface area contributed by atoms with Gasteiger partial charge in [0.25, 0.3) is 0 Å². The molecule has 0 rings (SSSR count). The Morgan fingerprint density at radius 1 is 0.250 bits per heavy atom. The van der Waals surface area contributed by atoms with Gasteiger partial charge in [0.1, 0.15) is 13.2 Å². The minimum Gasteiger partial charge on any atom is -0.462 e. The molecule has 0 saturated carbocycles. The average molecular weight is 906 g/mol. The lowest BCUT2D eigenvalue weighted by Gasteiger charge is -2.18. The summed E-state index contributed by atoms with van der Waals surface area (Å²) in [7, 11) is 0. The van der Waals surface area contributed by atoms with Crippen LogP contribution in [0.25, 0.3) is 0 Å². The van der Waals surface area contributed by atoms with Gasteiger partial charge in [-0.15, -0.1) is 0 Å². The van der Waals surface area contributed by atoms with E-state index in [4.69, 9.17) is 14.2 Å². The third kappa shape index (κ3) is 51.4. The summed E-state index contributed by atoms with van der Waals surface area (Å²) in [6.45, 7) is 6.69. The number of esters is 3. The molecular weight excluding hydrogens is 793 g/mol. The lowest BCUT2D eigenvalue weighted by atomic mass is 10.0. The zero-order valence-electron chi connectivity index (χ0n) is 43.6. The molecule has 380 valence electrons. The molecule has 0 aromatic rings. The van der Waals surface area contributed by atoms with E-state index in [1.165, 1.54) is 238 Å². The maximum absolute atomic E-state index is 12.8. The van der Waals surface area contributed by atoms with Crippen LogP contribution in [0.15, 0.2) is 0 Å². The maximum atomic E-state index is 12.8. The van der Waals surface area contributed by atoms with Crippen molar-refractivity contribution < 1.29 is 28.6 Å². The standard InChI is InChI=1S/C58H112O6/c1-4-7-10-13-16-19-22-24-25-26-27-28-29-30-31-32-34-36-39-42-45-48-51-57(60)63-54-55(53-62-56(59)50-47-44-41-38-35-21-18-15-12-9-6-3)64-58(61)52-49-46-43-40-37-33-23-20-17-14-11-8-5-2/h55H,4-54H2,1-3H3. The number of unbranched alkanes of at least 4 members (excludes halogenated alkanes) is 43. The lowest BCUT2D eigenvalue weighted by molar-refractivity contribution is -0.167. The van der Waals surface area contributed by atoms with Gasteiger partial charge in [0.2, 0.25) is 0 Å². The molecule has 0 aliphatic heterocycles. The van der Waals surface area contributed by atoms with Crippen molar-refractivity contribution in [3.63, 3.8) is 0 Å². The predicted octanol–water partition coefficient (Wildman–Crippen LogP) is 19.2. The number of hydrogen-bond acceptors (Lipinski definition) is 6. The van der Waals surface area contributed by atoms with Gasteiger partial charge in [0, 0.05) is 19.3 Å². The van der Waals surface area contributed by atoms with E-state index in [-0.39, 0.29) is 31.1 Å². The van der Waals surface area contributed by atoms with Gasteiger partial charge in [0.05, 0.1) is 0 Å². The summed E-state index contributed by atoms with van der Waals surface area (Å²) < 4.78 is 16.9. The summed E-state index contributed by atoms with van der Waals surface area (Å²) in [5.41, 5.74) is 0. The third-order valence-electron chi connectivity index (χ3n) is 13.4. The van der Waals surface area contributed by atoms with E-state index < -0.39 is 6.10 Å². The molecule has 0 bridgehead atoms. The Bertz CT molecular complexity index is 951. The van der Waals surface area contributed by atoms with E-state index in [9.17, 15) is 14.4 Å². The SMILES string of the molecule is CCCCCCCCCCCCCCCCCCCCCCCCC(=O)OCC(COC(=O)CCCCCCCCCCCCC)OC(=O)CCCCCCCCCCCCCCC. The van der Waals surface area contributed by atoms with Crippen LogP contribution in [0.4, 0.5) is 0 Å². The molecule has 6 heteroatoms. The Labute approximate surface area is 399 Å². The van der Waals surface area contributed by atoms with Gasteiger partial charge in [-0.2, -0.15) is 0 Å². The van der Waals surface area contributed by atoms with Crippen LogP contribution in [0.1, 0.15) is 335 Å². The summed E-state index contributed by atoms with van der Waals surface area (Å²) in [5, 5.41) is 0. The van der Waals surface area contributed by atoms with Crippen molar-refractivity contribution in [3.05, 3.63) is 0 Å². The monoisotopic (exact) mass is 905 g/mol. The number of ether oxygens (including phenoxy) is 3. The first-order valence-corrected chi connectivity index (χ1v) is 29.0. The highest BCUT2D eigenvalue weighted by Crippen LogP contribution is 2.18. The van der Waals surface area contributed by atoms with Gasteiger partial charge in [-0.1, -0.05) is 297 Å². The van der Waals surface area contributed by atoms with Crippen LogP contribution >= 0.6 is 0 Å².